The van der Waals surface area contributed by atoms with Gasteiger partial charge in [-0.25, -0.2) is 0 Å². The van der Waals surface area contributed by atoms with E-state index in [1.807, 2.05) is 60.7 Å². The second kappa shape index (κ2) is 15.6. The van der Waals surface area contributed by atoms with Gasteiger partial charge in [0, 0.05) is 0 Å². The SMILES string of the molecule is CCCCP(Br)(CCCC)(CCCC)C(c1cc(C(C)(C)C)c(O)c(C(C)(C)C)c1)P(=O)(Oc1ccccc1)Oc1ccccc1. The molecule has 1 N–H and O–H groups in total. The standard InChI is InChI=1S/C39H59BrO4P2/c1-10-13-26-46(40,27-14-11-2,28-15-12-3)37(31-29-34(38(4,5)6)36(41)35(30-31)39(7,8)9)45(42,43-32-22-18-16-19-23-32)44-33-24-20-17-21-25-33/h16-25,29-30,37,41H,10-15,26-28H2,1-9H3. The Bertz CT molecular complexity index is 1340. The van der Waals surface area contributed by atoms with Gasteiger partial charge in [-0.05, 0) is 0 Å². The fourth-order valence-corrected chi connectivity index (χ4v) is 22.7. The summed E-state index contributed by atoms with van der Waals surface area (Å²) in [6.07, 6.45) is 8.95. The van der Waals surface area contributed by atoms with Gasteiger partial charge in [-0.2, -0.15) is 0 Å². The van der Waals surface area contributed by atoms with E-state index in [1.54, 1.807) is 0 Å². The number of phenolic OH excluding ortho intramolecular Hbond substituents is 1. The van der Waals surface area contributed by atoms with E-state index in [-0.39, 0.29) is 10.8 Å². The summed E-state index contributed by atoms with van der Waals surface area (Å²) in [5.74, 6) is 1.36. The molecule has 256 valence electrons. The Labute approximate surface area is 288 Å². The van der Waals surface area contributed by atoms with Crippen molar-refractivity contribution < 1.29 is 18.7 Å². The molecule has 0 bridgehead atoms. The van der Waals surface area contributed by atoms with Crippen molar-refractivity contribution >= 4 is 28.4 Å². The Hall–Kier alpha value is -1.80. The molecule has 0 saturated heterocycles. The van der Waals surface area contributed by atoms with Crippen LogP contribution in [0.25, 0.3) is 0 Å². The first-order valence-corrected chi connectivity index (χ1v) is 23.7. The number of benzene rings is 3. The van der Waals surface area contributed by atoms with Crippen molar-refractivity contribution in [1.82, 2.24) is 0 Å². The van der Waals surface area contributed by atoms with E-state index in [1.165, 1.54) is 0 Å². The van der Waals surface area contributed by atoms with Crippen LogP contribution in [-0.2, 0) is 15.4 Å². The summed E-state index contributed by atoms with van der Waals surface area (Å²) in [7, 11) is -4.03. The molecule has 0 amide bonds. The third kappa shape index (κ3) is 9.21. The van der Waals surface area contributed by atoms with Gasteiger partial charge in [-0.1, -0.05) is 0 Å². The molecular weight excluding hydrogens is 674 g/mol. The number of rotatable bonds is 16. The van der Waals surface area contributed by atoms with Gasteiger partial charge >= 0.3 is 289 Å². The van der Waals surface area contributed by atoms with Gasteiger partial charge in [0.1, 0.15) is 0 Å². The third-order valence-corrected chi connectivity index (χ3v) is 24.5. The van der Waals surface area contributed by atoms with E-state index >= 15 is 4.57 Å². The van der Waals surface area contributed by atoms with Gasteiger partial charge < -0.3 is 0 Å². The van der Waals surface area contributed by atoms with Crippen LogP contribution in [-0.4, -0.2) is 23.6 Å². The van der Waals surface area contributed by atoms with Crippen LogP contribution in [0.2, 0.25) is 0 Å². The molecule has 0 aromatic heterocycles. The van der Waals surface area contributed by atoms with Crippen LogP contribution in [0.1, 0.15) is 123 Å². The van der Waals surface area contributed by atoms with E-state index in [4.69, 9.17) is 9.05 Å². The van der Waals surface area contributed by atoms with Crippen LogP contribution in [0.15, 0.2) is 72.8 Å². The monoisotopic (exact) mass is 732 g/mol. The Balaban J connectivity index is 2.58. The summed E-state index contributed by atoms with van der Waals surface area (Å²) in [4.78, 5) is 0. The molecule has 3 aromatic carbocycles. The van der Waals surface area contributed by atoms with E-state index < -0.39 is 18.3 Å². The Morgan fingerprint density at radius 3 is 1.35 bits per heavy atom. The van der Waals surface area contributed by atoms with Gasteiger partial charge in [0.05, 0.1) is 0 Å². The normalized spacial score (nSPS) is 14.3. The van der Waals surface area contributed by atoms with Gasteiger partial charge in [0.25, 0.3) is 0 Å². The number of hydrogen-bond donors (Lipinski definition) is 1. The van der Waals surface area contributed by atoms with Crippen LogP contribution in [0.3, 0.4) is 0 Å². The number of aromatic hydroxyl groups is 1. The first kappa shape index (κ1) is 38.6. The predicted molar refractivity (Wildman–Crippen MR) is 205 cm³/mol. The molecule has 3 aromatic rings. The summed E-state index contributed by atoms with van der Waals surface area (Å²) in [6, 6.07) is 23.2. The average Bonchev–Trinajstić information content (AvgIpc) is 2.99. The summed E-state index contributed by atoms with van der Waals surface area (Å²) in [5.41, 5.74) is 1.93. The van der Waals surface area contributed by atoms with Crippen molar-refractivity contribution in [3.05, 3.63) is 89.5 Å². The zero-order valence-corrected chi connectivity index (χ0v) is 33.2. The molecule has 4 nitrogen and oxygen atoms in total. The molecule has 0 aliphatic heterocycles. The molecule has 0 heterocycles. The maximum absolute atomic E-state index is 16.3. The van der Waals surface area contributed by atoms with Crippen molar-refractivity contribution in [3.8, 4) is 17.2 Å². The molecular formula is C39H59BrO4P2. The topological polar surface area (TPSA) is 55.8 Å². The second-order valence-corrected chi connectivity index (χ2v) is 28.4. The van der Waals surface area contributed by atoms with E-state index in [0.717, 1.165) is 73.7 Å². The molecule has 0 spiro atoms. The first-order valence-electron chi connectivity index (χ1n) is 17.2. The number of hydrogen-bond acceptors (Lipinski definition) is 4. The molecule has 0 saturated carbocycles. The quantitative estimate of drug-likeness (QED) is 0.149. The van der Waals surface area contributed by atoms with Crippen LogP contribution in [0.4, 0.5) is 0 Å². The van der Waals surface area contributed by atoms with Crippen LogP contribution in [0, 0.1) is 0 Å². The summed E-state index contributed by atoms with van der Waals surface area (Å²) in [5, 5.41) is 8.07. The van der Waals surface area contributed by atoms with E-state index in [9.17, 15) is 5.11 Å². The third-order valence-electron chi connectivity index (χ3n) is 9.03. The Morgan fingerprint density at radius 1 is 0.696 bits per heavy atom. The fourth-order valence-electron chi connectivity index (χ4n) is 6.53. The molecule has 0 aliphatic rings. The summed E-state index contributed by atoms with van der Waals surface area (Å²) < 4.78 is 29.9. The number of unbranched alkanes of at least 4 members (excludes halogenated alkanes) is 3. The Morgan fingerprint density at radius 2 is 1.04 bits per heavy atom. The molecule has 0 aliphatic carbocycles. The Kier molecular flexibility index (Phi) is 13.1. The van der Waals surface area contributed by atoms with Crippen molar-refractivity contribution in [2.75, 3.05) is 18.5 Å². The molecule has 3 rings (SSSR count). The van der Waals surface area contributed by atoms with E-state index in [2.05, 4.69) is 89.9 Å². The molecule has 0 radical (unpaired) electrons. The van der Waals surface area contributed by atoms with Crippen LogP contribution in [0.5, 0.6) is 17.2 Å². The number of para-hydroxylation sites is 2. The van der Waals surface area contributed by atoms with E-state index in [0.29, 0.717) is 17.2 Å². The number of halogens is 1. The van der Waals surface area contributed by atoms with Gasteiger partial charge in [-0.3, -0.25) is 0 Å². The zero-order chi connectivity index (χ0) is 34.3. The van der Waals surface area contributed by atoms with Gasteiger partial charge in [0.2, 0.25) is 0 Å². The maximum atomic E-state index is 16.3. The van der Waals surface area contributed by atoms with Crippen LogP contribution < -0.4 is 9.05 Å². The average molecular weight is 734 g/mol. The molecule has 0 fully saturated rings. The summed E-state index contributed by atoms with van der Waals surface area (Å²) in [6.45, 7) is 19.5. The number of phenols is 1. The minimum absolute atomic E-state index is 0.316. The predicted octanol–water partition coefficient (Wildman–Crippen LogP) is 13.6. The molecule has 1 unspecified atom stereocenters. The second-order valence-electron chi connectivity index (χ2n) is 15.1. The fraction of sp³-hybridized carbons (Fsp3) is 0.538. The zero-order valence-electron chi connectivity index (χ0n) is 29.8. The summed E-state index contributed by atoms with van der Waals surface area (Å²) >= 11 is 4.67. The molecule has 7 heteroatoms. The van der Waals surface area contributed by atoms with Crippen molar-refractivity contribution in [2.45, 2.75) is 117 Å². The van der Waals surface area contributed by atoms with Gasteiger partial charge in [-0.15, -0.1) is 0 Å². The minimum atomic E-state index is -4.03. The van der Waals surface area contributed by atoms with Crippen molar-refractivity contribution in [1.29, 1.82) is 0 Å². The van der Waals surface area contributed by atoms with Crippen LogP contribution >= 0.6 is 28.4 Å². The molecule has 46 heavy (non-hydrogen) atoms. The van der Waals surface area contributed by atoms with Gasteiger partial charge in [0.15, 0.2) is 0 Å². The first-order chi connectivity index (χ1) is 21.5. The van der Waals surface area contributed by atoms with Crippen molar-refractivity contribution in [2.24, 2.45) is 0 Å². The van der Waals surface area contributed by atoms with Crippen molar-refractivity contribution in [3.63, 3.8) is 0 Å². The molecule has 1 atom stereocenters.